The number of carbonyl (C=O) groups is 1. The summed E-state index contributed by atoms with van der Waals surface area (Å²) >= 11 is 0. The van der Waals surface area contributed by atoms with Gasteiger partial charge in [0, 0.05) is 11.5 Å². The molecule has 4 heteroatoms. The van der Waals surface area contributed by atoms with Crippen molar-refractivity contribution in [2.75, 3.05) is 26.3 Å². The summed E-state index contributed by atoms with van der Waals surface area (Å²) in [5.74, 6) is 1.96. The van der Waals surface area contributed by atoms with Crippen molar-refractivity contribution >= 4 is 5.78 Å². The van der Waals surface area contributed by atoms with Gasteiger partial charge in [0.05, 0.1) is 0 Å². The quantitative estimate of drug-likeness (QED) is 0.838. The molecular formula is C16H19NO3. The Kier molecular flexibility index (Phi) is 2.74. The molecule has 106 valence electrons. The number of hydrogen-bond acceptors (Lipinski definition) is 4. The molecule has 2 fully saturated rings. The molecule has 1 unspecified atom stereocenters. The highest BCUT2D eigenvalue weighted by atomic mass is 16.6. The number of hydrogen-bond donors (Lipinski definition) is 1. The number of carbonyl (C=O) groups excluding carboxylic acids is 1. The third-order valence-corrected chi connectivity index (χ3v) is 4.93. The maximum absolute atomic E-state index is 12.6. The Labute approximate surface area is 118 Å². The summed E-state index contributed by atoms with van der Waals surface area (Å²) in [6.07, 6.45) is 3.32. The molecule has 4 rings (SSSR count). The minimum Gasteiger partial charge on any atom is -0.486 e. The van der Waals surface area contributed by atoms with E-state index in [9.17, 15) is 4.79 Å². The van der Waals surface area contributed by atoms with Gasteiger partial charge < -0.3 is 14.8 Å². The number of Topliss-reactive ketones (excluding diaryl/α,β-unsaturated/α-hetero) is 1. The standard InChI is InChI=1S/C16H19NO3/c18-15(12-10-16(12)3-5-17-6-4-16)11-1-2-13-14(9-11)20-8-7-19-13/h1-2,9,12,17H,3-8,10H2. The monoisotopic (exact) mass is 273 g/mol. The van der Waals surface area contributed by atoms with Gasteiger partial charge in [0.2, 0.25) is 0 Å². The summed E-state index contributed by atoms with van der Waals surface area (Å²) in [7, 11) is 0. The van der Waals surface area contributed by atoms with Gasteiger partial charge in [-0.3, -0.25) is 4.79 Å². The zero-order chi connectivity index (χ0) is 13.6. The van der Waals surface area contributed by atoms with Gasteiger partial charge in [-0.2, -0.15) is 0 Å². The van der Waals surface area contributed by atoms with E-state index < -0.39 is 0 Å². The number of rotatable bonds is 2. The van der Waals surface area contributed by atoms with Gasteiger partial charge in [0.15, 0.2) is 17.3 Å². The molecule has 0 bridgehead atoms. The SMILES string of the molecule is O=C(c1ccc2c(c1)OCCO2)C1CC12CCNCC2. The zero-order valence-corrected chi connectivity index (χ0v) is 11.5. The van der Waals surface area contributed by atoms with Crippen molar-refractivity contribution in [3.05, 3.63) is 23.8 Å². The number of fused-ring (bicyclic) bond motifs is 1. The van der Waals surface area contributed by atoms with Gasteiger partial charge in [-0.25, -0.2) is 0 Å². The molecular weight excluding hydrogens is 254 g/mol. The number of benzene rings is 1. The first-order valence-corrected chi connectivity index (χ1v) is 7.43. The van der Waals surface area contributed by atoms with Crippen LogP contribution < -0.4 is 14.8 Å². The molecule has 3 aliphatic rings. The van der Waals surface area contributed by atoms with E-state index in [1.54, 1.807) is 0 Å². The van der Waals surface area contributed by atoms with Crippen LogP contribution in [-0.4, -0.2) is 32.1 Å². The van der Waals surface area contributed by atoms with Gasteiger partial charge in [0.1, 0.15) is 13.2 Å². The summed E-state index contributed by atoms with van der Waals surface area (Å²) in [4.78, 5) is 12.6. The Morgan fingerprint density at radius 1 is 1.15 bits per heavy atom. The average Bonchev–Trinajstić information content (AvgIpc) is 3.20. The van der Waals surface area contributed by atoms with Gasteiger partial charge >= 0.3 is 0 Å². The van der Waals surface area contributed by atoms with E-state index >= 15 is 0 Å². The Balaban J connectivity index is 1.54. The van der Waals surface area contributed by atoms with Gasteiger partial charge in [-0.05, 0) is 56.0 Å². The smallest absolute Gasteiger partial charge is 0.166 e. The summed E-state index contributed by atoms with van der Waals surface area (Å²) in [5.41, 5.74) is 1.06. The Morgan fingerprint density at radius 3 is 2.70 bits per heavy atom. The lowest BCUT2D eigenvalue weighted by Gasteiger charge is -2.23. The van der Waals surface area contributed by atoms with E-state index in [0.717, 1.165) is 43.7 Å². The maximum atomic E-state index is 12.6. The highest BCUT2D eigenvalue weighted by Gasteiger charge is 2.57. The lowest BCUT2D eigenvalue weighted by Crippen LogP contribution is -2.30. The molecule has 1 aromatic carbocycles. The van der Waals surface area contributed by atoms with Gasteiger partial charge in [0.25, 0.3) is 0 Å². The van der Waals surface area contributed by atoms with Crippen LogP contribution in [0.3, 0.4) is 0 Å². The molecule has 0 amide bonds. The summed E-state index contributed by atoms with van der Waals surface area (Å²) in [5, 5.41) is 3.37. The first-order chi connectivity index (χ1) is 9.78. The van der Waals surface area contributed by atoms with Crippen LogP contribution >= 0.6 is 0 Å². The van der Waals surface area contributed by atoms with Gasteiger partial charge in [-0.1, -0.05) is 0 Å². The Morgan fingerprint density at radius 2 is 1.90 bits per heavy atom. The predicted molar refractivity (Wildman–Crippen MR) is 74.4 cm³/mol. The zero-order valence-electron chi connectivity index (χ0n) is 11.5. The molecule has 0 radical (unpaired) electrons. The number of piperidine rings is 1. The second-order valence-corrected chi connectivity index (χ2v) is 6.09. The summed E-state index contributed by atoms with van der Waals surface area (Å²) < 4.78 is 11.1. The molecule has 4 nitrogen and oxygen atoms in total. The number of nitrogens with one attached hydrogen (secondary N) is 1. The third-order valence-electron chi connectivity index (χ3n) is 4.93. The predicted octanol–water partition coefficient (Wildman–Crippen LogP) is 2.03. The fourth-order valence-electron chi connectivity index (χ4n) is 3.59. The van der Waals surface area contributed by atoms with Gasteiger partial charge in [-0.15, -0.1) is 0 Å². The largest absolute Gasteiger partial charge is 0.486 e. The van der Waals surface area contributed by atoms with E-state index in [1.807, 2.05) is 18.2 Å². The number of ether oxygens (including phenoxy) is 2. The molecule has 1 saturated heterocycles. The van der Waals surface area contributed by atoms with Crippen molar-refractivity contribution in [1.29, 1.82) is 0 Å². The van der Waals surface area contributed by atoms with E-state index in [2.05, 4.69) is 5.32 Å². The van der Waals surface area contributed by atoms with E-state index in [-0.39, 0.29) is 17.1 Å². The fourth-order valence-corrected chi connectivity index (χ4v) is 3.59. The van der Waals surface area contributed by atoms with E-state index in [4.69, 9.17) is 9.47 Å². The van der Waals surface area contributed by atoms with Crippen molar-refractivity contribution < 1.29 is 14.3 Å². The van der Waals surface area contributed by atoms with Crippen LogP contribution in [0.1, 0.15) is 29.6 Å². The lowest BCUT2D eigenvalue weighted by atomic mass is 9.89. The third kappa shape index (κ3) is 1.90. The molecule has 1 aromatic rings. The van der Waals surface area contributed by atoms with Crippen LogP contribution in [-0.2, 0) is 0 Å². The topological polar surface area (TPSA) is 47.6 Å². The first-order valence-electron chi connectivity index (χ1n) is 7.43. The average molecular weight is 273 g/mol. The molecule has 1 atom stereocenters. The minimum absolute atomic E-state index is 0.215. The normalized spacial score (nSPS) is 26.3. The highest BCUT2D eigenvalue weighted by Crippen LogP contribution is 2.59. The lowest BCUT2D eigenvalue weighted by molar-refractivity contribution is 0.0939. The van der Waals surface area contributed by atoms with Crippen molar-refractivity contribution in [2.24, 2.45) is 11.3 Å². The molecule has 1 spiro atoms. The van der Waals surface area contributed by atoms with Crippen molar-refractivity contribution in [1.82, 2.24) is 5.32 Å². The first kappa shape index (κ1) is 12.2. The molecule has 2 heterocycles. The van der Waals surface area contributed by atoms with Crippen molar-refractivity contribution in [3.8, 4) is 11.5 Å². The maximum Gasteiger partial charge on any atom is 0.166 e. The second-order valence-electron chi connectivity index (χ2n) is 6.09. The van der Waals surface area contributed by atoms with Crippen LogP contribution in [0.5, 0.6) is 11.5 Å². The summed E-state index contributed by atoms with van der Waals surface area (Å²) in [6.45, 7) is 3.23. The molecule has 1 aliphatic carbocycles. The molecule has 1 N–H and O–H groups in total. The van der Waals surface area contributed by atoms with Crippen molar-refractivity contribution in [3.63, 3.8) is 0 Å². The molecule has 0 aromatic heterocycles. The van der Waals surface area contributed by atoms with Crippen molar-refractivity contribution in [2.45, 2.75) is 19.3 Å². The van der Waals surface area contributed by atoms with Crippen LogP contribution in [0.2, 0.25) is 0 Å². The number of ketones is 1. The summed E-state index contributed by atoms with van der Waals surface area (Å²) in [6, 6.07) is 5.59. The minimum atomic E-state index is 0.215. The highest BCUT2D eigenvalue weighted by molar-refractivity contribution is 6.00. The van der Waals surface area contributed by atoms with Crippen LogP contribution in [0.15, 0.2) is 18.2 Å². The molecule has 1 saturated carbocycles. The Bertz CT molecular complexity index is 549. The van der Waals surface area contributed by atoms with Crippen LogP contribution in [0, 0.1) is 11.3 Å². The van der Waals surface area contributed by atoms with E-state index in [1.165, 1.54) is 0 Å². The van der Waals surface area contributed by atoms with Crippen LogP contribution in [0.4, 0.5) is 0 Å². The molecule has 20 heavy (non-hydrogen) atoms. The fraction of sp³-hybridized carbons (Fsp3) is 0.562. The van der Waals surface area contributed by atoms with E-state index in [0.29, 0.717) is 19.0 Å². The Hall–Kier alpha value is -1.55. The van der Waals surface area contributed by atoms with Crippen LogP contribution in [0.25, 0.3) is 0 Å². The molecule has 2 aliphatic heterocycles. The second kappa shape index (κ2) is 4.48.